The van der Waals surface area contributed by atoms with Gasteiger partial charge in [0.2, 0.25) is 0 Å². The molecule has 156 valence electrons. The average molecular weight is 412 g/mol. The largest absolute Gasteiger partial charge is 0.387 e. The zero-order valence-corrected chi connectivity index (χ0v) is 18.6. The topological polar surface area (TPSA) is 23.5 Å². The number of unbranched alkanes of at least 4 members (excludes halogenated alkanes) is 4. The average Bonchev–Trinajstić information content (AvgIpc) is 2.74. The first-order chi connectivity index (χ1) is 14.1. The van der Waals surface area contributed by atoms with Crippen molar-refractivity contribution < 1.29 is 5.11 Å². The van der Waals surface area contributed by atoms with Gasteiger partial charge in [-0.3, -0.25) is 0 Å². The molecule has 0 aromatic heterocycles. The van der Waals surface area contributed by atoms with E-state index in [4.69, 9.17) is 11.6 Å². The third kappa shape index (κ3) is 5.72. The van der Waals surface area contributed by atoms with E-state index in [2.05, 4.69) is 43.0 Å². The Balaban J connectivity index is 1.81. The molecule has 0 saturated heterocycles. The predicted octanol–water partition coefficient (Wildman–Crippen LogP) is 7.36. The standard InChI is InChI=1S/C26H34ClNO/c1-3-5-9-15-28(16-10-6-4-2)19-26(29)21-14-13-20-18-25(27)23-12-8-7-11-22(23)24(20)17-21/h7-8,11-14,17-18,26,29H,3-6,9-10,15-16,19H2,1-2H3/t26-/m0/s1. The molecule has 0 radical (unpaired) electrons. The lowest BCUT2D eigenvalue weighted by Crippen LogP contribution is -2.30. The van der Waals surface area contributed by atoms with Crippen LogP contribution in [0.15, 0.2) is 48.5 Å². The molecule has 0 fully saturated rings. The fourth-order valence-corrected chi connectivity index (χ4v) is 4.38. The summed E-state index contributed by atoms with van der Waals surface area (Å²) < 4.78 is 0. The molecule has 0 spiro atoms. The lowest BCUT2D eigenvalue weighted by atomic mass is 9.98. The molecule has 0 unspecified atom stereocenters. The summed E-state index contributed by atoms with van der Waals surface area (Å²) in [5, 5.41) is 16.3. The van der Waals surface area contributed by atoms with Crippen molar-refractivity contribution in [3.63, 3.8) is 0 Å². The lowest BCUT2D eigenvalue weighted by molar-refractivity contribution is 0.110. The summed E-state index contributed by atoms with van der Waals surface area (Å²) in [6.45, 7) is 7.32. The van der Waals surface area contributed by atoms with Crippen LogP contribution in [0.3, 0.4) is 0 Å². The van der Waals surface area contributed by atoms with E-state index in [1.165, 1.54) is 38.5 Å². The molecule has 0 amide bonds. The van der Waals surface area contributed by atoms with Gasteiger partial charge in [-0.1, -0.05) is 87.5 Å². The van der Waals surface area contributed by atoms with E-state index < -0.39 is 6.10 Å². The van der Waals surface area contributed by atoms with Gasteiger partial charge in [-0.2, -0.15) is 0 Å². The highest BCUT2D eigenvalue weighted by atomic mass is 35.5. The van der Waals surface area contributed by atoms with Crippen molar-refractivity contribution >= 4 is 33.1 Å². The van der Waals surface area contributed by atoms with Gasteiger partial charge in [0.15, 0.2) is 0 Å². The molecule has 3 rings (SSSR count). The smallest absolute Gasteiger partial charge is 0.0917 e. The number of hydrogen-bond acceptors (Lipinski definition) is 2. The second kappa shape index (κ2) is 11.0. The lowest BCUT2D eigenvalue weighted by Gasteiger charge is -2.25. The summed E-state index contributed by atoms with van der Waals surface area (Å²) in [4.78, 5) is 2.44. The molecule has 0 aliphatic heterocycles. The third-order valence-electron chi connectivity index (χ3n) is 5.81. The monoisotopic (exact) mass is 411 g/mol. The van der Waals surface area contributed by atoms with Crippen molar-refractivity contribution in [1.82, 2.24) is 4.90 Å². The molecular formula is C26H34ClNO. The molecule has 0 bridgehead atoms. The zero-order chi connectivity index (χ0) is 20.6. The second-order valence-corrected chi connectivity index (χ2v) is 8.52. The fourth-order valence-electron chi connectivity index (χ4n) is 4.10. The third-order valence-corrected chi connectivity index (χ3v) is 6.12. The Morgan fingerprint density at radius 3 is 2.14 bits per heavy atom. The van der Waals surface area contributed by atoms with Gasteiger partial charge in [-0.05, 0) is 59.8 Å². The number of nitrogens with zero attached hydrogens (tertiary/aromatic N) is 1. The normalized spacial score (nSPS) is 12.9. The van der Waals surface area contributed by atoms with E-state index in [9.17, 15) is 5.11 Å². The van der Waals surface area contributed by atoms with Crippen LogP contribution in [0.1, 0.15) is 64.0 Å². The highest BCUT2D eigenvalue weighted by Crippen LogP contribution is 2.33. The van der Waals surface area contributed by atoms with E-state index in [-0.39, 0.29) is 0 Å². The summed E-state index contributed by atoms with van der Waals surface area (Å²) in [6.07, 6.45) is 6.90. The van der Waals surface area contributed by atoms with Gasteiger partial charge in [0.1, 0.15) is 0 Å². The Morgan fingerprint density at radius 2 is 1.48 bits per heavy atom. The highest BCUT2D eigenvalue weighted by molar-refractivity contribution is 6.37. The molecule has 3 heteroatoms. The Kier molecular flexibility index (Phi) is 8.35. The van der Waals surface area contributed by atoms with Crippen LogP contribution in [-0.4, -0.2) is 29.6 Å². The number of rotatable bonds is 11. The van der Waals surface area contributed by atoms with Crippen molar-refractivity contribution in [3.8, 4) is 0 Å². The van der Waals surface area contributed by atoms with E-state index in [0.717, 1.165) is 45.2 Å². The van der Waals surface area contributed by atoms with E-state index in [1.54, 1.807) is 0 Å². The number of benzene rings is 3. The highest BCUT2D eigenvalue weighted by Gasteiger charge is 2.15. The van der Waals surface area contributed by atoms with Crippen LogP contribution in [0.4, 0.5) is 0 Å². The van der Waals surface area contributed by atoms with Crippen LogP contribution in [0.5, 0.6) is 0 Å². The summed E-state index contributed by atoms with van der Waals surface area (Å²) in [5.74, 6) is 0. The van der Waals surface area contributed by atoms with E-state index in [1.807, 2.05) is 24.3 Å². The van der Waals surface area contributed by atoms with Crippen molar-refractivity contribution in [2.45, 2.75) is 58.5 Å². The first-order valence-corrected chi connectivity index (χ1v) is 11.5. The number of aliphatic hydroxyl groups excluding tert-OH is 1. The van der Waals surface area contributed by atoms with Crippen molar-refractivity contribution in [2.75, 3.05) is 19.6 Å². The number of fused-ring (bicyclic) bond motifs is 3. The second-order valence-electron chi connectivity index (χ2n) is 8.12. The van der Waals surface area contributed by atoms with Gasteiger partial charge < -0.3 is 10.0 Å². The van der Waals surface area contributed by atoms with Gasteiger partial charge in [0, 0.05) is 17.0 Å². The van der Waals surface area contributed by atoms with Crippen LogP contribution in [-0.2, 0) is 0 Å². The Hall–Kier alpha value is -1.61. The van der Waals surface area contributed by atoms with Gasteiger partial charge in [0.05, 0.1) is 6.10 Å². The predicted molar refractivity (Wildman–Crippen MR) is 127 cm³/mol. The molecule has 0 saturated carbocycles. The van der Waals surface area contributed by atoms with Crippen LogP contribution in [0.25, 0.3) is 21.5 Å². The minimum atomic E-state index is -0.475. The Bertz CT molecular complexity index is 913. The minimum Gasteiger partial charge on any atom is -0.387 e. The van der Waals surface area contributed by atoms with Crippen LogP contribution in [0, 0.1) is 0 Å². The molecule has 0 heterocycles. The van der Waals surface area contributed by atoms with Crippen LogP contribution in [0.2, 0.25) is 5.02 Å². The molecule has 0 aliphatic carbocycles. The molecule has 1 atom stereocenters. The molecule has 1 N–H and O–H groups in total. The fraction of sp³-hybridized carbons (Fsp3) is 0.462. The quantitative estimate of drug-likeness (QED) is 0.263. The van der Waals surface area contributed by atoms with E-state index in [0.29, 0.717) is 6.54 Å². The van der Waals surface area contributed by atoms with Crippen molar-refractivity contribution in [1.29, 1.82) is 0 Å². The number of hydrogen-bond donors (Lipinski definition) is 1. The maximum absolute atomic E-state index is 11.0. The van der Waals surface area contributed by atoms with Crippen LogP contribution >= 0.6 is 11.6 Å². The van der Waals surface area contributed by atoms with Gasteiger partial charge >= 0.3 is 0 Å². The molecule has 3 aromatic carbocycles. The maximum atomic E-state index is 11.0. The molecular weight excluding hydrogens is 378 g/mol. The van der Waals surface area contributed by atoms with Crippen LogP contribution < -0.4 is 0 Å². The molecule has 2 nitrogen and oxygen atoms in total. The zero-order valence-electron chi connectivity index (χ0n) is 17.8. The summed E-state index contributed by atoms with van der Waals surface area (Å²) in [6, 6.07) is 16.5. The SMILES string of the molecule is CCCCCN(CCCCC)C[C@H](O)c1ccc2cc(Cl)c3ccccc3c2c1. The Morgan fingerprint density at radius 1 is 0.828 bits per heavy atom. The van der Waals surface area contributed by atoms with Crippen molar-refractivity contribution in [3.05, 3.63) is 59.1 Å². The number of halogens is 1. The van der Waals surface area contributed by atoms with Gasteiger partial charge in [0.25, 0.3) is 0 Å². The maximum Gasteiger partial charge on any atom is 0.0917 e. The molecule has 0 aliphatic rings. The number of aliphatic hydroxyl groups is 1. The van der Waals surface area contributed by atoms with Gasteiger partial charge in [-0.15, -0.1) is 0 Å². The first-order valence-electron chi connectivity index (χ1n) is 11.1. The summed E-state index contributed by atoms with van der Waals surface area (Å²) >= 11 is 6.47. The van der Waals surface area contributed by atoms with E-state index >= 15 is 0 Å². The van der Waals surface area contributed by atoms with Crippen molar-refractivity contribution in [2.24, 2.45) is 0 Å². The van der Waals surface area contributed by atoms with Gasteiger partial charge in [-0.25, -0.2) is 0 Å². The molecule has 29 heavy (non-hydrogen) atoms. The summed E-state index contributed by atoms with van der Waals surface area (Å²) in [7, 11) is 0. The minimum absolute atomic E-state index is 0.475. The molecule has 3 aromatic rings. The summed E-state index contributed by atoms with van der Waals surface area (Å²) in [5.41, 5.74) is 0.987. The Labute approximate surface area is 180 Å². The first kappa shape index (κ1) is 22.1.